The molecule has 0 aromatic rings. The predicted octanol–water partition coefficient (Wildman–Crippen LogP) is 0.396. The number of aliphatic hydroxyl groups is 3. The van der Waals surface area contributed by atoms with E-state index in [1.165, 1.54) is 0 Å². The van der Waals surface area contributed by atoms with E-state index in [1.54, 1.807) is 62.3 Å². The Bertz CT molecular complexity index is 534. The summed E-state index contributed by atoms with van der Waals surface area (Å²) < 4.78 is 16.3. The van der Waals surface area contributed by atoms with Crippen LogP contribution >= 0.6 is 0 Å². The molecule has 0 aliphatic heterocycles. The molecule has 10 heteroatoms. The minimum absolute atomic E-state index is 0.153. The number of hydrogen-bond donors (Lipinski definition) is 3. The number of hydrogen-bond acceptors (Lipinski definition) is 10. The number of rotatable bonds is 12. The third-order valence-electron chi connectivity index (χ3n) is 3.35. The Labute approximate surface area is 184 Å². The fraction of sp³-hybridized carbons (Fsp3) is 0.857. The molecule has 0 aliphatic rings. The van der Waals surface area contributed by atoms with E-state index >= 15 is 0 Å². The standard InChI is InChI=1S/C21H39NO9/c1-16(2,3)29-19(26,13-23)10-22(11-20(27,14-24)30-17(4,5)6)12-21(28,15-25)31-18(7,8)9/h13-15,26-28H,10-12H2,1-9H3. The van der Waals surface area contributed by atoms with Crippen LogP contribution in [0.2, 0.25) is 0 Å². The van der Waals surface area contributed by atoms with Crippen molar-refractivity contribution < 1.29 is 43.9 Å². The van der Waals surface area contributed by atoms with Crippen LogP contribution in [-0.2, 0) is 28.6 Å². The van der Waals surface area contributed by atoms with E-state index in [0.29, 0.717) is 0 Å². The molecule has 3 atom stereocenters. The van der Waals surface area contributed by atoms with Gasteiger partial charge in [-0.2, -0.15) is 0 Å². The van der Waals surface area contributed by atoms with Gasteiger partial charge >= 0.3 is 0 Å². The van der Waals surface area contributed by atoms with Gasteiger partial charge in [0.05, 0.1) is 36.4 Å². The summed E-state index contributed by atoms with van der Waals surface area (Å²) in [6.45, 7) is 12.7. The first-order valence-corrected chi connectivity index (χ1v) is 9.98. The molecular weight excluding hydrogens is 410 g/mol. The summed E-state index contributed by atoms with van der Waals surface area (Å²) in [5.74, 6) is -7.14. The van der Waals surface area contributed by atoms with Gasteiger partial charge in [-0.05, 0) is 62.3 Å². The van der Waals surface area contributed by atoms with Crippen LogP contribution in [0.4, 0.5) is 0 Å². The zero-order valence-corrected chi connectivity index (χ0v) is 20.1. The van der Waals surface area contributed by atoms with E-state index < -0.39 is 53.8 Å². The average molecular weight is 450 g/mol. The monoisotopic (exact) mass is 449 g/mol. The van der Waals surface area contributed by atoms with Crippen LogP contribution in [0.25, 0.3) is 0 Å². The van der Waals surface area contributed by atoms with Gasteiger partial charge in [-0.1, -0.05) is 0 Å². The van der Waals surface area contributed by atoms with Crippen molar-refractivity contribution in [2.24, 2.45) is 0 Å². The molecule has 0 aromatic heterocycles. The van der Waals surface area contributed by atoms with Crippen molar-refractivity contribution in [2.75, 3.05) is 19.6 Å². The van der Waals surface area contributed by atoms with Gasteiger partial charge in [-0.15, -0.1) is 0 Å². The summed E-state index contributed by atoms with van der Waals surface area (Å²) in [7, 11) is 0. The SMILES string of the molecule is CC(C)(C)OC(O)(C=O)CN(CC(O)(C=O)OC(C)(C)C)CC(O)(C=O)OC(C)(C)C. The quantitative estimate of drug-likeness (QED) is 0.283. The number of aldehydes is 3. The van der Waals surface area contributed by atoms with Crippen LogP contribution in [0.15, 0.2) is 0 Å². The zero-order valence-electron chi connectivity index (χ0n) is 20.1. The van der Waals surface area contributed by atoms with Crippen molar-refractivity contribution in [2.45, 2.75) is 96.5 Å². The molecule has 0 rings (SSSR count). The molecule has 3 N–H and O–H groups in total. The predicted molar refractivity (Wildman–Crippen MR) is 112 cm³/mol. The molecule has 10 nitrogen and oxygen atoms in total. The first-order valence-electron chi connectivity index (χ1n) is 9.98. The molecule has 0 radical (unpaired) electrons. The highest BCUT2D eigenvalue weighted by atomic mass is 16.7. The lowest BCUT2D eigenvalue weighted by Crippen LogP contribution is -2.60. The third kappa shape index (κ3) is 12.4. The van der Waals surface area contributed by atoms with Gasteiger partial charge in [0.2, 0.25) is 17.4 Å². The number of ether oxygens (including phenoxy) is 3. The Morgan fingerprint density at radius 3 is 0.871 bits per heavy atom. The van der Waals surface area contributed by atoms with E-state index in [1.807, 2.05) is 0 Å². The van der Waals surface area contributed by atoms with Crippen molar-refractivity contribution in [1.29, 1.82) is 0 Å². The summed E-state index contributed by atoms with van der Waals surface area (Å²) in [4.78, 5) is 36.0. The van der Waals surface area contributed by atoms with Crippen molar-refractivity contribution >= 4 is 18.9 Å². The summed E-state index contributed by atoms with van der Waals surface area (Å²) >= 11 is 0. The fourth-order valence-corrected chi connectivity index (χ4v) is 3.00. The summed E-state index contributed by atoms with van der Waals surface area (Å²) in [5.41, 5.74) is -2.81. The molecule has 0 saturated carbocycles. The van der Waals surface area contributed by atoms with Gasteiger partial charge in [-0.25, -0.2) is 0 Å². The van der Waals surface area contributed by atoms with Crippen molar-refractivity contribution in [3.63, 3.8) is 0 Å². The summed E-state index contributed by atoms with van der Waals surface area (Å²) in [6, 6.07) is 0. The molecule has 0 spiro atoms. The molecule has 0 aliphatic carbocycles. The lowest BCUT2D eigenvalue weighted by atomic mass is 10.1. The molecule has 0 aromatic carbocycles. The lowest BCUT2D eigenvalue weighted by Gasteiger charge is -2.41. The second-order valence-corrected chi connectivity index (χ2v) is 10.7. The molecular formula is C21H39NO9. The van der Waals surface area contributed by atoms with Gasteiger partial charge in [0.15, 0.2) is 18.9 Å². The Kier molecular flexibility index (Phi) is 9.70. The maximum Gasteiger partial charge on any atom is 0.237 e. The van der Waals surface area contributed by atoms with E-state index in [0.717, 1.165) is 4.90 Å². The minimum Gasteiger partial charge on any atom is -0.359 e. The second-order valence-electron chi connectivity index (χ2n) is 10.7. The van der Waals surface area contributed by atoms with E-state index in [4.69, 9.17) is 14.2 Å². The van der Waals surface area contributed by atoms with Crippen LogP contribution < -0.4 is 0 Å². The van der Waals surface area contributed by atoms with Crippen LogP contribution in [0.5, 0.6) is 0 Å². The number of carbonyl (C=O) groups excluding carboxylic acids is 3. The molecule has 182 valence electrons. The van der Waals surface area contributed by atoms with E-state index in [2.05, 4.69) is 0 Å². The molecule has 0 heterocycles. The Hall–Kier alpha value is -1.27. The minimum atomic E-state index is -2.38. The second kappa shape index (κ2) is 10.1. The molecule has 0 saturated heterocycles. The molecule has 0 bridgehead atoms. The Balaban J connectivity index is 6.08. The largest absolute Gasteiger partial charge is 0.359 e. The smallest absolute Gasteiger partial charge is 0.237 e. The number of nitrogens with zero attached hydrogens (tertiary/aromatic N) is 1. The average Bonchev–Trinajstić information content (AvgIpc) is 2.49. The summed E-state index contributed by atoms with van der Waals surface area (Å²) in [6.07, 6.45) is 0.460. The lowest BCUT2D eigenvalue weighted by molar-refractivity contribution is -0.274. The highest BCUT2D eigenvalue weighted by molar-refractivity contribution is 5.62. The van der Waals surface area contributed by atoms with Crippen molar-refractivity contribution in [3.05, 3.63) is 0 Å². The van der Waals surface area contributed by atoms with Crippen LogP contribution in [0.1, 0.15) is 62.3 Å². The van der Waals surface area contributed by atoms with Crippen LogP contribution in [-0.4, -0.2) is 92.9 Å². The van der Waals surface area contributed by atoms with E-state index in [-0.39, 0.29) is 18.9 Å². The number of carbonyl (C=O) groups is 3. The third-order valence-corrected chi connectivity index (χ3v) is 3.35. The maximum absolute atomic E-state index is 11.6. The van der Waals surface area contributed by atoms with Gasteiger partial charge < -0.3 is 29.5 Å². The maximum atomic E-state index is 11.6. The Morgan fingerprint density at radius 2 is 0.742 bits per heavy atom. The van der Waals surface area contributed by atoms with Crippen molar-refractivity contribution in [1.82, 2.24) is 4.90 Å². The van der Waals surface area contributed by atoms with Gasteiger partial charge in [0.25, 0.3) is 0 Å². The first-order chi connectivity index (χ1) is 13.6. The highest BCUT2D eigenvalue weighted by Crippen LogP contribution is 2.24. The normalized spacial score (nSPS) is 19.3. The highest BCUT2D eigenvalue weighted by Gasteiger charge is 2.44. The summed E-state index contributed by atoms with van der Waals surface area (Å²) in [5, 5.41) is 32.0. The van der Waals surface area contributed by atoms with Gasteiger partial charge in [-0.3, -0.25) is 19.3 Å². The fourth-order valence-electron chi connectivity index (χ4n) is 3.00. The molecule has 31 heavy (non-hydrogen) atoms. The zero-order chi connectivity index (χ0) is 24.9. The molecule has 3 unspecified atom stereocenters. The van der Waals surface area contributed by atoms with Crippen molar-refractivity contribution in [3.8, 4) is 0 Å². The van der Waals surface area contributed by atoms with Crippen LogP contribution in [0, 0.1) is 0 Å². The first kappa shape index (κ1) is 29.7. The molecule has 0 amide bonds. The van der Waals surface area contributed by atoms with Crippen LogP contribution in [0.3, 0.4) is 0 Å². The topological polar surface area (TPSA) is 143 Å². The van der Waals surface area contributed by atoms with Gasteiger partial charge in [0, 0.05) is 0 Å². The Morgan fingerprint density at radius 1 is 0.548 bits per heavy atom. The molecule has 0 fully saturated rings. The van der Waals surface area contributed by atoms with Gasteiger partial charge in [0.1, 0.15) is 0 Å². The van der Waals surface area contributed by atoms with E-state index in [9.17, 15) is 29.7 Å².